The van der Waals surface area contributed by atoms with Crippen molar-refractivity contribution in [3.8, 4) is 0 Å². The van der Waals surface area contributed by atoms with Crippen LogP contribution in [0.3, 0.4) is 0 Å². The summed E-state index contributed by atoms with van der Waals surface area (Å²) in [5.74, 6) is -2.51. The summed E-state index contributed by atoms with van der Waals surface area (Å²) >= 11 is 0. The number of hydrogen-bond donors (Lipinski definition) is 3. The molecule has 0 aromatic carbocycles. The molecule has 12 heteroatoms. The Balaban J connectivity index is 4.50. The summed E-state index contributed by atoms with van der Waals surface area (Å²) in [7, 11) is -4.74. The predicted molar refractivity (Wildman–Crippen MR) is 235 cm³/mol. The SMILES string of the molecule is CCCCCCCC/C=C/C/C=C/C/C=C/CCCC(=O)O[C@H](COC(=O)CCC/C=C/C/C=C/CCCCCCCCCCC)COP(=O)(O)OC[C@H](N)C(=O)O. The first-order valence-electron chi connectivity index (χ1n) is 22.3. The van der Waals surface area contributed by atoms with E-state index in [1.165, 1.54) is 96.3 Å². The standard InChI is InChI=1S/C46H80NO10P/c1-3-5-7-9-11-13-15-17-19-21-23-25-27-29-31-33-35-37-44(48)54-39-42(40-55-58(52,53)56-41-43(47)46(50)51)57-45(49)38-36-34-32-30-28-26-24-22-20-18-16-14-12-10-8-6-4-2/h18,20,23-26,29-32,42-43H,3-17,19,21-22,27-28,33-41,47H2,1-2H3,(H,50,51)(H,52,53)/b20-18+,25-23+,26-24+,31-29+,32-30+/t42-,43+/m1/s1. The Morgan fingerprint density at radius 2 is 0.914 bits per heavy atom. The molecular formula is C46H80NO10P. The first kappa shape index (κ1) is 55.2. The molecule has 3 atom stereocenters. The van der Waals surface area contributed by atoms with Crippen LogP contribution in [0.2, 0.25) is 0 Å². The number of esters is 2. The third kappa shape index (κ3) is 40.0. The monoisotopic (exact) mass is 838 g/mol. The van der Waals surface area contributed by atoms with Gasteiger partial charge in [0.1, 0.15) is 12.6 Å². The highest BCUT2D eigenvalue weighted by atomic mass is 31.2. The van der Waals surface area contributed by atoms with Crippen LogP contribution in [0.5, 0.6) is 0 Å². The number of phosphoric ester groups is 1. The topological polar surface area (TPSA) is 172 Å². The van der Waals surface area contributed by atoms with Crippen molar-refractivity contribution in [1.82, 2.24) is 0 Å². The summed E-state index contributed by atoms with van der Waals surface area (Å²) < 4.78 is 32.6. The molecule has 0 rings (SSSR count). The fraction of sp³-hybridized carbons (Fsp3) is 0.717. The Kier molecular flexibility index (Phi) is 38.9. The number of aliphatic carboxylic acids is 1. The number of carbonyl (C=O) groups is 3. The maximum absolute atomic E-state index is 12.6. The lowest BCUT2D eigenvalue weighted by atomic mass is 10.1. The smallest absolute Gasteiger partial charge is 0.472 e. The molecule has 0 saturated heterocycles. The fourth-order valence-electron chi connectivity index (χ4n) is 5.71. The minimum absolute atomic E-state index is 0.0789. The van der Waals surface area contributed by atoms with Crippen molar-refractivity contribution in [2.24, 2.45) is 5.73 Å². The number of phosphoric acid groups is 1. The number of nitrogens with two attached hydrogens (primary N) is 1. The van der Waals surface area contributed by atoms with Crippen molar-refractivity contribution < 1.29 is 47.5 Å². The van der Waals surface area contributed by atoms with Gasteiger partial charge in [-0.3, -0.25) is 23.4 Å². The summed E-state index contributed by atoms with van der Waals surface area (Å²) in [5, 5.41) is 8.89. The normalized spacial score (nSPS) is 14.3. The second-order valence-corrected chi connectivity index (χ2v) is 16.3. The molecule has 0 bridgehead atoms. The first-order chi connectivity index (χ1) is 28.1. The molecule has 1 unspecified atom stereocenters. The third-order valence-corrected chi connectivity index (χ3v) is 10.2. The van der Waals surface area contributed by atoms with E-state index in [0.717, 1.165) is 32.1 Å². The largest absolute Gasteiger partial charge is 0.480 e. The van der Waals surface area contributed by atoms with Crippen LogP contribution >= 0.6 is 7.82 Å². The average Bonchev–Trinajstić information content (AvgIpc) is 3.20. The number of carboxylic acid groups (broad SMARTS) is 1. The zero-order valence-corrected chi connectivity index (χ0v) is 37.0. The number of carboxylic acids is 1. The second-order valence-electron chi connectivity index (χ2n) is 14.8. The van der Waals surface area contributed by atoms with Gasteiger partial charge in [-0.15, -0.1) is 0 Å². The van der Waals surface area contributed by atoms with Gasteiger partial charge in [-0.1, -0.05) is 158 Å². The minimum atomic E-state index is -4.74. The van der Waals surface area contributed by atoms with E-state index in [2.05, 4.69) is 60.9 Å². The molecule has 4 N–H and O–H groups in total. The molecule has 0 fully saturated rings. The van der Waals surface area contributed by atoms with E-state index in [0.29, 0.717) is 25.7 Å². The summed E-state index contributed by atoms with van der Waals surface area (Å²) in [6.45, 7) is 2.70. The highest BCUT2D eigenvalue weighted by molar-refractivity contribution is 7.47. The Labute approximate surface area is 351 Å². The van der Waals surface area contributed by atoms with Crippen LogP contribution in [0, 0.1) is 0 Å². The third-order valence-electron chi connectivity index (χ3n) is 9.24. The van der Waals surface area contributed by atoms with E-state index in [1.54, 1.807) is 0 Å². The highest BCUT2D eigenvalue weighted by Gasteiger charge is 2.28. The predicted octanol–water partition coefficient (Wildman–Crippen LogP) is 12.0. The number of ether oxygens (including phenoxy) is 2. The molecule has 0 aromatic rings. The molecule has 334 valence electrons. The average molecular weight is 838 g/mol. The van der Waals surface area contributed by atoms with Crippen molar-refractivity contribution in [1.29, 1.82) is 0 Å². The number of carbonyl (C=O) groups excluding carboxylic acids is 2. The zero-order valence-electron chi connectivity index (χ0n) is 36.1. The molecule has 0 aliphatic carbocycles. The van der Waals surface area contributed by atoms with Crippen LogP contribution in [0.25, 0.3) is 0 Å². The van der Waals surface area contributed by atoms with E-state index in [-0.39, 0.29) is 19.4 Å². The second kappa shape index (κ2) is 40.9. The molecular weight excluding hydrogens is 757 g/mol. The van der Waals surface area contributed by atoms with Gasteiger partial charge in [0.05, 0.1) is 13.2 Å². The molecule has 0 saturated carbocycles. The summed E-state index contributed by atoms with van der Waals surface area (Å²) in [5.41, 5.74) is 5.33. The Hall–Kier alpha value is -2.82. The lowest BCUT2D eigenvalue weighted by Crippen LogP contribution is -2.34. The summed E-state index contributed by atoms with van der Waals surface area (Å²) in [6.07, 6.45) is 47.3. The van der Waals surface area contributed by atoms with Crippen molar-refractivity contribution in [3.63, 3.8) is 0 Å². The van der Waals surface area contributed by atoms with E-state index in [4.69, 9.17) is 24.8 Å². The van der Waals surface area contributed by atoms with Crippen molar-refractivity contribution in [2.75, 3.05) is 19.8 Å². The summed E-state index contributed by atoms with van der Waals surface area (Å²) in [4.78, 5) is 45.9. The lowest BCUT2D eigenvalue weighted by molar-refractivity contribution is -0.161. The molecule has 0 heterocycles. The number of hydrogen-bond acceptors (Lipinski definition) is 9. The molecule has 0 radical (unpaired) electrons. The van der Waals surface area contributed by atoms with Gasteiger partial charge < -0.3 is 25.2 Å². The fourth-order valence-corrected chi connectivity index (χ4v) is 6.49. The van der Waals surface area contributed by atoms with E-state index in [9.17, 15) is 23.8 Å². The number of rotatable bonds is 41. The Morgan fingerprint density at radius 1 is 0.534 bits per heavy atom. The van der Waals surface area contributed by atoms with Gasteiger partial charge in [-0.2, -0.15) is 0 Å². The van der Waals surface area contributed by atoms with Crippen LogP contribution < -0.4 is 5.73 Å². The van der Waals surface area contributed by atoms with Crippen LogP contribution in [0.15, 0.2) is 60.8 Å². The van der Waals surface area contributed by atoms with Gasteiger partial charge in [-0.25, -0.2) is 4.57 Å². The first-order valence-corrected chi connectivity index (χ1v) is 23.8. The lowest BCUT2D eigenvalue weighted by Gasteiger charge is -2.20. The Morgan fingerprint density at radius 3 is 1.36 bits per heavy atom. The van der Waals surface area contributed by atoms with Gasteiger partial charge >= 0.3 is 25.7 Å². The quantitative estimate of drug-likeness (QED) is 0.0231. The van der Waals surface area contributed by atoms with Gasteiger partial charge in [0.15, 0.2) is 6.10 Å². The maximum Gasteiger partial charge on any atom is 0.472 e. The maximum atomic E-state index is 12.6. The zero-order chi connectivity index (χ0) is 42.8. The van der Waals surface area contributed by atoms with E-state index < -0.39 is 51.1 Å². The van der Waals surface area contributed by atoms with Gasteiger partial charge in [0.2, 0.25) is 0 Å². The van der Waals surface area contributed by atoms with Crippen molar-refractivity contribution in [3.05, 3.63) is 60.8 Å². The molecule has 11 nitrogen and oxygen atoms in total. The van der Waals surface area contributed by atoms with Gasteiger partial charge in [0, 0.05) is 12.8 Å². The van der Waals surface area contributed by atoms with Crippen LogP contribution in [-0.4, -0.2) is 59.9 Å². The molecule has 0 amide bonds. The molecule has 0 spiro atoms. The Bertz CT molecular complexity index is 1210. The molecule has 0 aliphatic heterocycles. The number of allylic oxidation sites excluding steroid dienone is 10. The molecule has 58 heavy (non-hydrogen) atoms. The highest BCUT2D eigenvalue weighted by Crippen LogP contribution is 2.43. The van der Waals surface area contributed by atoms with Crippen molar-refractivity contribution >= 4 is 25.7 Å². The number of unbranched alkanes of at least 4 members (excludes halogenated alkanes) is 17. The van der Waals surface area contributed by atoms with Crippen LogP contribution in [0.4, 0.5) is 0 Å². The van der Waals surface area contributed by atoms with E-state index in [1.807, 2.05) is 18.2 Å². The molecule has 0 aromatic heterocycles. The van der Waals surface area contributed by atoms with Crippen LogP contribution in [0.1, 0.15) is 181 Å². The molecule has 0 aliphatic rings. The van der Waals surface area contributed by atoms with Gasteiger partial charge in [0.25, 0.3) is 0 Å². The van der Waals surface area contributed by atoms with Crippen molar-refractivity contribution in [2.45, 2.75) is 193 Å². The van der Waals surface area contributed by atoms with E-state index >= 15 is 0 Å². The minimum Gasteiger partial charge on any atom is -0.480 e. The van der Waals surface area contributed by atoms with Crippen LogP contribution in [-0.2, 0) is 37.5 Å². The van der Waals surface area contributed by atoms with Gasteiger partial charge in [-0.05, 0) is 70.6 Å². The summed E-state index contributed by atoms with van der Waals surface area (Å²) in [6, 6.07) is -1.54.